The Bertz CT molecular complexity index is 756. The van der Waals surface area contributed by atoms with Crippen molar-refractivity contribution in [1.29, 1.82) is 0 Å². The van der Waals surface area contributed by atoms with Gasteiger partial charge in [-0.3, -0.25) is 10.1 Å². The molecule has 0 spiro atoms. The fourth-order valence-corrected chi connectivity index (χ4v) is 3.41. The quantitative estimate of drug-likeness (QED) is 0.637. The lowest BCUT2D eigenvalue weighted by Crippen LogP contribution is -2.15. The van der Waals surface area contributed by atoms with Crippen molar-refractivity contribution >= 4 is 27.0 Å². The van der Waals surface area contributed by atoms with E-state index in [0.717, 1.165) is 6.07 Å². The van der Waals surface area contributed by atoms with E-state index in [9.17, 15) is 23.6 Å². The van der Waals surface area contributed by atoms with E-state index in [1.54, 1.807) is 16.8 Å². The summed E-state index contributed by atoms with van der Waals surface area (Å²) in [4.78, 5) is 9.81. The summed E-state index contributed by atoms with van der Waals surface area (Å²) in [5.41, 5.74) is 0.148. The van der Waals surface area contributed by atoms with Crippen molar-refractivity contribution in [3.05, 3.63) is 56.3 Å². The molecule has 3 N–H and O–H groups in total. The fraction of sp³-hybridized carbons (Fsp3) is 0.167. The van der Waals surface area contributed by atoms with Crippen LogP contribution in [0.1, 0.15) is 17.2 Å². The Morgan fingerprint density at radius 3 is 2.62 bits per heavy atom. The maximum Gasteiger partial charge on any atom is 0.292 e. The van der Waals surface area contributed by atoms with E-state index < -0.39 is 31.6 Å². The summed E-state index contributed by atoms with van der Waals surface area (Å²) >= 11 is 1.39. The molecule has 0 aliphatic rings. The number of nitro benzene ring substituents is 1. The Balaban J connectivity index is 2.47. The van der Waals surface area contributed by atoms with Crippen molar-refractivity contribution in [2.75, 3.05) is 0 Å². The predicted molar refractivity (Wildman–Crippen MR) is 77.5 cm³/mol. The first kappa shape index (κ1) is 15.6. The molecule has 1 aromatic carbocycles. The summed E-state index contributed by atoms with van der Waals surface area (Å²) in [5.74, 6) is 0. The maximum absolute atomic E-state index is 11.4. The van der Waals surface area contributed by atoms with Crippen molar-refractivity contribution in [3.8, 4) is 0 Å². The Kier molecular flexibility index (Phi) is 4.37. The smallest absolute Gasteiger partial charge is 0.292 e. The Labute approximate surface area is 124 Å². The van der Waals surface area contributed by atoms with Crippen molar-refractivity contribution < 1.29 is 18.4 Å². The van der Waals surface area contributed by atoms with Gasteiger partial charge in [0.15, 0.2) is 4.90 Å². The molecule has 0 fully saturated rings. The zero-order valence-electron chi connectivity index (χ0n) is 10.7. The minimum atomic E-state index is -4.21. The van der Waals surface area contributed by atoms with Gasteiger partial charge in [-0.25, -0.2) is 13.6 Å². The molecule has 0 saturated carbocycles. The van der Waals surface area contributed by atoms with E-state index in [2.05, 4.69) is 0 Å². The number of nitrogens with two attached hydrogens (primary N) is 1. The van der Waals surface area contributed by atoms with Gasteiger partial charge in [-0.1, -0.05) is 12.1 Å². The van der Waals surface area contributed by atoms with Crippen LogP contribution in [0.3, 0.4) is 0 Å². The zero-order valence-corrected chi connectivity index (χ0v) is 12.3. The molecule has 112 valence electrons. The van der Waals surface area contributed by atoms with Gasteiger partial charge in [0, 0.05) is 12.0 Å². The van der Waals surface area contributed by atoms with Gasteiger partial charge in [0.25, 0.3) is 5.69 Å². The molecule has 7 nitrogen and oxygen atoms in total. The number of aliphatic hydroxyl groups excluding tert-OH is 1. The number of rotatable bonds is 5. The van der Waals surface area contributed by atoms with Crippen LogP contribution in [0.5, 0.6) is 0 Å². The first-order chi connectivity index (χ1) is 9.80. The van der Waals surface area contributed by atoms with Crippen LogP contribution in [-0.4, -0.2) is 18.4 Å². The molecular formula is C12H12N2O5S2. The second-order valence-corrected chi connectivity index (χ2v) is 6.65. The normalized spacial score (nSPS) is 13.0. The lowest BCUT2D eigenvalue weighted by atomic mass is 10.0. The van der Waals surface area contributed by atoms with Crippen LogP contribution in [0, 0.1) is 10.1 Å². The van der Waals surface area contributed by atoms with Crippen LogP contribution < -0.4 is 5.14 Å². The summed E-state index contributed by atoms with van der Waals surface area (Å²) in [6.45, 7) is 0. The van der Waals surface area contributed by atoms with Crippen LogP contribution in [-0.2, 0) is 16.4 Å². The number of hydrogen-bond donors (Lipinski definition) is 2. The first-order valence-corrected chi connectivity index (χ1v) is 8.29. The number of sulfonamides is 1. The third-order valence-corrected chi connectivity index (χ3v) is 4.56. The molecule has 0 saturated heterocycles. The first-order valence-electron chi connectivity index (χ1n) is 5.80. The van der Waals surface area contributed by atoms with Gasteiger partial charge in [-0.05, 0) is 28.5 Å². The van der Waals surface area contributed by atoms with Crippen LogP contribution in [0.4, 0.5) is 5.69 Å². The van der Waals surface area contributed by atoms with Gasteiger partial charge >= 0.3 is 0 Å². The maximum atomic E-state index is 11.4. The van der Waals surface area contributed by atoms with Gasteiger partial charge in [0.05, 0.1) is 11.0 Å². The van der Waals surface area contributed by atoms with E-state index in [-0.39, 0.29) is 12.0 Å². The van der Waals surface area contributed by atoms with E-state index in [1.807, 2.05) is 0 Å². The largest absolute Gasteiger partial charge is 0.388 e. The Morgan fingerprint density at radius 1 is 1.38 bits per heavy atom. The molecule has 2 aromatic rings. The van der Waals surface area contributed by atoms with E-state index in [0.29, 0.717) is 5.56 Å². The number of benzene rings is 1. The number of aliphatic hydroxyl groups is 1. The van der Waals surface area contributed by atoms with Crippen LogP contribution in [0.2, 0.25) is 0 Å². The molecule has 0 aliphatic carbocycles. The number of thiophene rings is 1. The van der Waals surface area contributed by atoms with Crippen molar-refractivity contribution in [2.45, 2.75) is 17.4 Å². The Hall–Kier alpha value is -1.81. The zero-order chi connectivity index (χ0) is 15.6. The highest BCUT2D eigenvalue weighted by atomic mass is 32.2. The molecule has 0 bridgehead atoms. The molecule has 1 atom stereocenters. The molecule has 9 heteroatoms. The molecule has 2 rings (SSSR count). The molecule has 1 heterocycles. The second kappa shape index (κ2) is 5.90. The molecule has 0 amide bonds. The molecule has 1 aromatic heterocycles. The lowest BCUT2D eigenvalue weighted by molar-refractivity contribution is -0.388. The van der Waals surface area contributed by atoms with Crippen molar-refractivity contribution in [1.82, 2.24) is 0 Å². The SMILES string of the molecule is NS(=O)(=O)c1cccc(C[C@H](O)c2ccsc2)c1[N+](=O)[O-]. The highest BCUT2D eigenvalue weighted by Gasteiger charge is 2.27. The second-order valence-electron chi connectivity index (χ2n) is 4.34. The Morgan fingerprint density at radius 2 is 2.10 bits per heavy atom. The van der Waals surface area contributed by atoms with E-state index >= 15 is 0 Å². The van der Waals surface area contributed by atoms with Gasteiger partial charge in [-0.15, -0.1) is 0 Å². The summed E-state index contributed by atoms with van der Waals surface area (Å²) in [5, 5.41) is 29.7. The summed E-state index contributed by atoms with van der Waals surface area (Å²) in [6, 6.07) is 5.55. The predicted octanol–water partition coefficient (Wildman–Crippen LogP) is 1.58. The van der Waals surface area contributed by atoms with E-state index in [1.165, 1.54) is 23.5 Å². The molecular weight excluding hydrogens is 316 g/mol. The monoisotopic (exact) mass is 328 g/mol. The average molecular weight is 328 g/mol. The third-order valence-electron chi connectivity index (χ3n) is 2.91. The number of nitrogens with zero attached hydrogens (tertiary/aromatic N) is 1. The number of primary sulfonamides is 1. The van der Waals surface area contributed by atoms with Gasteiger partial charge in [0.2, 0.25) is 10.0 Å². The average Bonchev–Trinajstić information content (AvgIpc) is 2.91. The lowest BCUT2D eigenvalue weighted by Gasteiger charge is -2.11. The summed E-state index contributed by atoms with van der Waals surface area (Å²) < 4.78 is 22.9. The third kappa shape index (κ3) is 3.45. The standard InChI is InChI=1S/C12H12N2O5S2/c13-21(18,19)11-3-1-2-8(12(11)14(16)17)6-10(15)9-4-5-20-7-9/h1-5,7,10,15H,6H2,(H2,13,18,19)/t10-/m0/s1. The summed E-state index contributed by atoms with van der Waals surface area (Å²) in [6.07, 6.45) is -1.03. The van der Waals surface area contributed by atoms with Gasteiger partial charge in [-0.2, -0.15) is 11.3 Å². The molecule has 0 aliphatic heterocycles. The number of hydrogen-bond acceptors (Lipinski definition) is 6. The van der Waals surface area contributed by atoms with Gasteiger partial charge < -0.3 is 5.11 Å². The molecule has 0 radical (unpaired) electrons. The van der Waals surface area contributed by atoms with Crippen LogP contribution in [0.15, 0.2) is 39.9 Å². The fourth-order valence-electron chi connectivity index (χ4n) is 1.96. The van der Waals surface area contributed by atoms with Gasteiger partial charge in [0.1, 0.15) is 0 Å². The highest BCUT2D eigenvalue weighted by molar-refractivity contribution is 7.89. The summed E-state index contributed by atoms with van der Waals surface area (Å²) in [7, 11) is -4.21. The number of para-hydroxylation sites is 1. The number of nitro groups is 1. The minimum Gasteiger partial charge on any atom is -0.388 e. The molecule has 21 heavy (non-hydrogen) atoms. The van der Waals surface area contributed by atoms with E-state index in [4.69, 9.17) is 5.14 Å². The van der Waals surface area contributed by atoms with Crippen LogP contribution in [0.25, 0.3) is 0 Å². The topological polar surface area (TPSA) is 124 Å². The van der Waals surface area contributed by atoms with Crippen molar-refractivity contribution in [2.24, 2.45) is 5.14 Å². The highest BCUT2D eigenvalue weighted by Crippen LogP contribution is 2.31. The van der Waals surface area contributed by atoms with Crippen LogP contribution >= 0.6 is 11.3 Å². The molecule has 0 unspecified atom stereocenters. The minimum absolute atomic E-state index is 0.0730. The van der Waals surface area contributed by atoms with Crippen molar-refractivity contribution in [3.63, 3.8) is 0 Å².